The van der Waals surface area contributed by atoms with Crippen molar-refractivity contribution >= 4 is 17.5 Å². The number of halogens is 4. The Morgan fingerprint density at radius 2 is 2.24 bits per heavy atom. The van der Waals surface area contributed by atoms with Crippen molar-refractivity contribution in [2.75, 3.05) is 20.3 Å². The third kappa shape index (κ3) is 4.60. The third-order valence-corrected chi connectivity index (χ3v) is 4.71. The third-order valence-electron chi connectivity index (χ3n) is 4.38. The molecule has 0 radical (unpaired) electrons. The number of ether oxygens (including phenoxy) is 1. The van der Waals surface area contributed by atoms with Crippen molar-refractivity contribution in [3.8, 4) is 17.6 Å². The van der Waals surface area contributed by atoms with Gasteiger partial charge in [0.1, 0.15) is 0 Å². The van der Waals surface area contributed by atoms with Crippen LogP contribution in [0.4, 0.5) is 13.2 Å². The van der Waals surface area contributed by atoms with Crippen LogP contribution in [0.5, 0.6) is 0 Å². The van der Waals surface area contributed by atoms with Gasteiger partial charge in [-0.1, -0.05) is 11.6 Å². The van der Waals surface area contributed by atoms with E-state index in [2.05, 4.69) is 15.5 Å². The second-order valence-corrected chi connectivity index (χ2v) is 6.78. The van der Waals surface area contributed by atoms with Crippen molar-refractivity contribution in [3.05, 3.63) is 34.7 Å². The fourth-order valence-electron chi connectivity index (χ4n) is 3.03. The summed E-state index contributed by atoms with van der Waals surface area (Å²) in [5.41, 5.74) is -1.07. The molecule has 1 aromatic carbocycles. The Morgan fingerprint density at radius 1 is 1.48 bits per heavy atom. The zero-order chi connectivity index (χ0) is 21.2. The quantitative estimate of drug-likeness (QED) is 0.728. The summed E-state index contributed by atoms with van der Waals surface area (Å²) in [6, 6.07) is 2.14. The van der Waals surface area contributed by atoms with Gasteiger partial charge in [-0.3, -0.25) is 4.79 Å². The van der Waals surface area contributed by atoms with Gasteiger partial charge in [-0.05, 0) is 24.6 Å². The number of hydrogen-bond donors (Lipinski definition) is 1. The number of nitrogens with one attached hydrogen (secondary N) is 1. The summed E-state index contributed by atoms with van der Waals surface area (Å²) in [5.74, 6) is -1.44. The van der Waals surface area contributed by atoms with Crippen LogP contribution in [-0.4, -0.2) is 53.3 Å². The molecule has 0 spiro atoms. The van der Waals surface area contributed by atoms with Crippen molar-refractivity contribution in [2.24, 2.45) is 0 Å². The molecule has 2 heterocycles. The van der Waals surface area contributed by atoms with E-state index >= 15 is 0 Å². The minimum absolute atomic E-state index is 0.0310. The monoisotopic (exact) mass is 429 g/mol. The normalized spacial score (nSPS) is 19.2. The summed E-state index contributed by atoms with van der Waals surface area (Å²) in [6.45, 7) is 0.620. The predicted octanol–water partition coefficient (Wildman–Crippen LogP) is 2.71. The first-order chi connectivity index (χ1) is 13.7. The van der Waals surface area contributed by atoms with Gasteiger partial charge >= 0.3 is 18.0 Å². The molecule has 1 amide bonds. The second-order valence-electron chi connectivity index (χ2n) is 6.37. The van der Waals surface area contributed by atoms with E-state index in [1.165, 1.54) is 12.0 Å². The Morgan fingerprint density at radius 3 is 2.90 bits per heavy atom. The summed E-state index contributed by atoms with van der Waals surface area (Å²) in [4.78, 5) is 13.9. The molecule has 1 N–H and O–H groups in total. The standard InChI is InChI=1S/C17H15ClF3N5O3/c1-28-7-11-5-10(6-26(11)8-22)23-14(27)16-25-24-15(29-16)12-4-9(17(19,20)21)2-3-13(12)18/h2-4,10-11H,5-7H2,1H3,(H,23,27). The van der Waals surface area contributed by atoms with Gasteiger partial charge in [-0.25, -0.2) is 0 Å². The summed E-state index contributed by atoms with van der Waals surface area (Å²) >= 11 is 5.94. The average Bonchev–Trinajstić information content (AvgIpc) is 3.28. The van der Waals surface area contributed by atoms with Crippen LogP contribution in [0.15, 0.2) is 22.6 Å². The van der Waals surface area contributed by atoms with Gasteiger partial charge < -0.3 is 19.4 Å². The predicted molar refractivity (Wildman–Crippen MR) is 93.6 cm³/mol. The van der Waals surface area contributed by atoms with Gasteiger partial charge in [0, 0.05) is 19.7 Å². The number of rotatable bonds is 5. The average molecular weight is 430 g/mol. The first kappa shape index (κ1) is 20.9. The smallest absolute Gasteiger partial charge is 0.412 e. The van der Waals surface area contributed by atoms with E-state index in [0.717, 1.165) is 18.2 Å². The Balaban J connectivity index is 1.74. The van der Waals surface area contributed by atoms with E-state index in [-0.39, 0.29) is 35.1 Å². The molecule has 2 atom stereocenters. The molecule has 0 aliphatic carbocycles. The Kier molecular flexibility index (Phi) is 5.95. The van der Waals surface area contributed by atoms with Gasteiger partial charge in [-0.2, -0.15) is 18.4 Å². The maximum atomic E-state index is 12.9. The van der Waals surface area contributed by atoms with E-state index < -0.39 is 23.5 Å². The van der Waals surface area contributed by atoms with Crippen LogP contribution in [-0.2, 0) is 10.9 Å². The van der Waals surface area contributed by atoms with Crippen LogP contribution in [0.2, 0.25) is 5.02 Å². The highest BCUT2D eigenvalue weighted by Gasteiger charge is 2.34. The highest BCUT2D eigenvalue weighted by Crippen LogP contribution is 2.35. The van der Waals surface area contributed by atoms with Crippen LogP contribution in [0.1, 0.15) is 22.7 Å². The number of nitriles is 1. The van der Waals surface area contributed by atoms with Gasteiger partial charge in [-0.15, -0.1) is 10.2 Å². The van der Waals surface area contributed by atoms with Crippen molar-refractivity contribution in [3.63, 3.8) is 0 Å². The first-order valence-electron chi connectivity index (χ1n) is 8.39. The summed E-state index contributed by atoms with van der Waals surface area (Å²) in [6.07, 6.45) is -2.06. The highest BCUT2D eigenvalue weighted by molar-refractivity contribution is 6.33. The van der Waals surface area contributed by atoms with Gasteiger partial charge in [0.25, 0.3) is 0 Å². The van der Waals surface area contributed by atoms with E-state index in [9.17, 15) is 18.0 Å². The van der Waals surface area contributed by atoms with E-state index in [0.29, 0.717) is 13.0 Å². The molecule has 154 valence electrons. The number of hydrogen-bond acceptors (Lipinski definition) is 7. The summed E-state index contributed by atoms with van der Waals surface area (Å²) in [7, 11) is 1.51. The minimum atomic E-state index is -4.58. The van der Waals surface area contributed by atoms with Crippen LogP contribution < -0.4 is 5.32 Å². The lowest BCUT2D eigenvalue weighted by Crippen LogP contribution is -2.36. The number of methoxy groups -OCH3 is 1. The molecule has 29 heavy (non-hydrogen) atoms. The molecular formula is C17H15ClF3N5O3. The molecule has 1 aliphatic rings. The molecule has 2 aromatic rings. The molecule has 3 rings (SSSR count). The maximum Gasteiger partial charge on any atom is 0.416 e. The lowest BCUT2D eigenvalue weighted by Gasteiger charge is -2.15. The summed E-state index contributed by atoms with van der Waals surface area (Å²) < 4.78 is 49.0. The van der Waals surface area contributed by atoms with Crippen LogP contribution in [0, 0.1) is 11.5 Å². The molecule has 8 nitrogen and oxygen atoms in total. The SMILES string of the molecule is COCC1CC(NC(=O)c2nnc(-c3cc(C(F)(F)F)ccc3Cl)o2)CN1C#N. The Hall–Kier alpha value is -2.84. The molecule has 2 unspecified atom stereocenters. The minimum Gasteiger partial charge on any atom is -0.412 e. The number of alkyl halides is 3. The zero-order valence-electron chi connectivity index (χ0n) is 15.0. The Labute approximate surface area is 168 Å². The van der Waals surface area contributed by atoms with E-state index in [4.69, 9.17) is 26.0 Å². The maximum absolute atomic E-state index is 12.9. The van der Waals surface area contributed by atoms with Crippen molar-refractivity contribution in [2.45, 2.75) is 24.7 Å². The largest absolute Gasteiger partial charge is 0.416 e. The Bertz CT molecular complexity index is 943. The molecule has 0 bridgehead atoms. The van der Waals surface area contributed by atoms with Crippen molar-refractivity contribution in [1.82, 2.24) is 20.4 Å². The molecule has 0 saturated carbocycles. The van der Waals surface area contributed by atoms with Crippen LogP contribution in [0.25, 0.3) is 11.5 Å². The summed E-state index contributed by atoms with van der Waals surface area (Å²) in [5, 5.41) is 19.0. The second kappa shape index (κ2) is 8.26. The fraction of sp³-hybridized carbons (Fsp3) is 0.412. The number of carbonyl (C=O) groups is 1. The number of likely N-dealkylation sites (tertiary alicyclic amines) is 1. The number of aromatic nitrogens is 2. The van der Waals surface area contributed by atoms with Crippen LogP contribution >= 0.6 is 11.6 Å². The lowest BCUT2D eigenvalue weighted by molar-refractivity contribution is -0.137. The van der Waals surface area contributed by atoms with Gasteiger partial charge in [0.2, 0.25) is 5.89 Å². The van der Waals surface area contributed by atoms with Crippen LogP contribution in [0.3, 0.4) is 0 Å². The van der Waals surface area contributed by atoms with E-state index in [1.54, 1.807) is 0 Å². The fourth-order valence-corrected chi connectivity index (χ4v) is 3.23. The molecule has 1 saturated heterocycles. The first-order valence-corrected chi connectivity index (χ1v) is 8.77. The molecule has 1 aliphatic heterocycles. The number of amides is 1. The van der Waals surface area contributed by atoms with Crippen molar-refractivity contribution < 1.29 is 27.1 Å². The van der Waals surface area contributed by atoms with Gasteiger partial charge in [0.05, 0.1) is 28.8 Å². The molecular weight excluding hydrogens is 415 g/mol. The number of carbonyl (C=O) groups excluding carboxylic acids is 1. The lowest BCUT2D eigenvalue weighted by atomic mass is 10.1. The highest BCUT2D eigenvalue weighted by atomic mass is 35.5. The van der Waals surface area contributed by atoms with E-state index in [1.807, 2.05) is 6.19 Å². The van der Waals surface area contributed by atoms with Crippen molar-refractivity contribution in [1.29, 1.82) is 5.26 Å². The molecule has 1 aromatic heterocycles. The zero-order valence-corrected chi connectivity index (χ0v) is 15.8. The van der Waals surface area contributed by atoms with Gasteiger partial charge in [0.15, 0.2) is 6.19 Å². The topological polar surface area (TPSA) is 104 Å². The molecule has 1 fully saturated rings. The number of benzene rings is 1. The number of nitrogens with zero attached hydrogens (tertiary/aromatic N) is 4. The molecule has 12 heteroatoms.